The van der Waals surface area contributed by atoms with Crippen LogP contribution in [0.5, 0.6) is 0 Å². The number of carbonyl (C=O) groups excluding carboxylic acids is 1. The fourth-order valence-electron chi connectivity index (χ4n) is 2.82. The molecule has 0 aromatic rings. The average Bonchev–Trinajstić information content (AvgIpc) is 2.72. The van der Waals surface area contributed by atoms with Crippen LogP contribution in [-0.2, 0) is 4.79 Å². The average molecular weight is 181 g/mol. The third kappa shape index (κ3) is 1.93. The maximum atomic E-state index is 11.9. The van der Waals surface area contributed by atoms with Crippen LogP contribution in [0.4, 0.5) is 0 Å². The highest BCUT2D eigenvalue weighted by Gasteiger charge is 2.33. The minimum Gasteiger partial charge on any atom is -0.328 e. The summed E-state index contributed by atoms with van der Waals surface area (Å²) in [4.78, 5) is 11.9. The van der Waals surface area contributed by atoms with Gasteiger partial charge >= 0.3 is 0 Å². The summed E-state index contributed by atoms with van der Waals surface area (Å²) in [5.74, 6) is 1.25. The Hall–Kier alpha value is -0.370. The number of Topliss-reactive ketones (excluding diaryl/α,β-unsaturated/α-hetero) is 1. The largest absolute Gasteiger partial charge is 0.328 e. The molecule has 74 valence electrons. The van der Waals surface area contributed by atoms with Crippen LogP contribution in [0.25, 0.3) is 0 Å². The molecule has 13 heavy (non-hydrogen) atoms. The van der Waals surface area contributed by atoms with E-state index in [1.54, 1.807) is 0 Å². The smallest absolute Gasteiger partial charge is 0.139 e. The molecule has 2 atom stereocenters. The van der Waals surface area contributed by atoms with E-state index >= 15 is 0 Å². The molecule has 2 fully saturated rings. The number of rotatable bonds is 2. The molecular formula is C11H19NO. The van der Waals surface area contributed by atoms with Crippen LogP contribution in [0.1, 0.15) is 44.9 Å². The van der Waals surface area contributed by atoms with Crippen molar-refractivity contribution < 1.29 is 4.79 Å². The van der Waals surface area contributed by atoms with Crippen molar-refractivity contribution in [2.75, 3.05) is 0 Å². The van der Waals surface area contributed by atoms with E-state index in [0.717, 1.165) is 32.1 Å². The van der Waals surface area contributed by atoms with Crippen molar-refractivity contribution in [1.29, 1.82) is 0 Å². The van der Waals surface area contributed by atoms with Gasteiger partial charge in [0.25, 0.3) is 0 Å². The van der Waals surface area contributed by atoms with E-state index in [1.165, 1.54) is 12.8 Å². The lowest BCUT2D eigenvalue weighted by Crippen LogP contribution is -2.22. The van der Waals surface area contributed by atoms with Crippen LogP contribution in [0, 0.1) is 11.8 Å². The minimum absolute atomic E-state index is 0.301. The molecule has 2 aliphatic carbocycles. The highest BCUT2D eigenvalue weighted by atomic mass is 16.1. The maximum Gasteiger partial charge on any atom is 0.139 e. The Labute approximate surface area is 79.9 Å². The van der Waals surface area contributed by atoms with E-state index in [1.807, 2.05) is 0 Å². The second-order valence-corrected chi connectivity index (χ2v) is 4.65. The van der Waals surface area contributed by atoms with E-state index in [0.29, 0.717) is 23.7 Å². The SMILES string of the molecule is NC1CCC(C(=O)C2CCCC2)C1. The van der Waals surface area contributed by atoms with Crippen molar-refractivity contribution in [3.05, 3.63) is 0 Å². The Morgan fingerprint density at radius 3 is 2.23 bits per heavy atom. The molecule has 0 heterocycles. The monoisotopic (exact) mass is 181 g/mol. The minimum atomic E-state index is 0.301. The van der Waals surface area contributed by atoms with Crippen molar-refractivity contribution in [1.82, 2.24) is 0 Å². The topological polar surface area (TPSA) is 43.1 Å². The van der Waals surface area contributed by atoms with Crippen molar-refractivity contribution >= 4 is 5.78 Å². The van der Waals surface area contributed by atoms with Gasteiger partial charge in [-0.05, 0) is 32.1 Å². The maximum absolute atomic E-state index is 11.9. The van der Waals surface area contributed by atoms with Gasteiger partial charge in [0.15, 0.2) is 0 Å². The van der Waals surface area contributed by atoms with Crippen molar-refractivity contribution in [2.24, 2.45) is 17.6 Å². The summed E-state index contributed by atoms with van der Waals surface area (Å²) in [5, 5.41) is 0. The van der Waals surface area contributed by atoms with E-state index < -0.39 is 0 Å². The zero-order chi connectivity index (χ0) is 9.26. The highest BCUT2D eigenvalue weighted by Crippen LogP contribution is 2.33. The molecular weight excluding hydrogens is 162 g/mol. The molecule has 0 saturated heterocycles. The molecule has 0 aromatic heterocycles. The van der Waals surface area contributed by atoms with Crippen LogP contribution >= 0.6 is 0 Å². The van der Waals surface area contributed by atoms with E-state index in [2.05, 4.69) is 0 Å². The molecule has 2 saturated carbocycles. The highest BCUT2D eigenvalue weighted by molar-refractivity contribution is 5.84. The van der Waals surface area contributed by atoms with Gasteiger partial charge in [-0.15, -0.1) is 0 Å². The summed E-state index contributed by atoms with van der Waals surface area (Å²) < 4.78 is 0. The first-order valence-electron chi connectivity index (χ1n) is 5.56. The third-order valence-electron chi connectivity index (χ3n) is 3.63. The number of hydrogen-bond donors (Lipinski definition) is 1. The predicted octanol–water partition coefficient (Wildman–Crippen LogP) is 1.87. The Morgan fingerprint density at radius 1 is 1.00 bits per heavy atom. The lowest BCUT2D eigenvalue weighted by atomic mass is 9.90. The Morgan fingerprint density at radius 2 is 1.69 bits per heavy atom. The van der Waals surface area contributed by atoms with Crippen LogP contribution in [0.15, 0.2) is 0 Å². The van der Waals surface area contributed by atoms with Gasteiger partial charge in [0, 0.05) is 17.9 Å². The predicted molar refractivity (Wildman–Crippen MR) is 52.3 cm³/mol. The number of ketones is 1. The second kappa shape index (κ2) is 3.79. The van der Waals surface area contributed by atoms with Crippen LogP contribution in [0.2, 0.25) is 0 Å². The summed E-state index contributed by atoms with van der Waals surface area (Å²) >= 11 is 0. The summed E-state index contributed by atoms with van der Waals surface area (Å²) in [7, 11) is 0. The number of carbonyl (C=O) groups is 1. The molecule has 2 nitrogen and oxygen atoms in total. The fraction of sp³-hybridized carbons (Fsp3) is 0.909. The summed E-state index contributed by atoms with van der Waals surface area (Å²) in [6, 6.07) is 0.301. The molecule has 2 rings (SSSR count). The molecule has 0 bridgehead atoms. The van der Waals surface area contributed by atoms with E-state index in [4.69, 9.17) is 5.73 Å². The van der Waals surface area contributed by atoms with Gasteiger partial charge in [-0.25, -0.2) is 0 Å². The van der Waals surface area contributed by atoms with Gasteiger partial charge in [-0.3, -0.25) is 4.79 Å². The zero-order valence-corrected chi connectivity index (χ0v) is 8.17. The van der Waals surface area contributed by atoms with Gasteiger partial charge < -0.3 is 5.73 Å². The van der Waals surface area contributed by atoms with E-state index in [-0.39, 0.29) is 0 Å². The lowest BCUT2D eigenvalue weighted by Gasteiger charge is -2.13. The molecule has 2 N–H and O–H groups in total. The molecule has 2 heteroatoms. The first-order valence-corrected chi connectivity index (χ1v) is 5.56. The molecule has 0 amide bonds. The quantitative estimate of drug-likeness (QED) is 0.706. The molecule has 2 unspecified atom stereocenters. The van der Waals surface area contributed by atoms with Crippen LogP contribution in [-0.4, -0.2) is 11.8 Å². The first-order chi connectivity index (χ1) is 6.27. The summed E-state index contributed by atoms with van der Waals surface area (Å²) in [6.07, 6.45) is 7.87. The lowest BCUT2D eigenvalue weighted by molar-refractivity contribution is -0.126. The number of nitrogens with two attached hydrogens (primary N) is 1. The molecule has 0 radical (unpaired) electrons. The Kier molecular flexibility index (Phi) is 2.68. The van der Waals surface area contributed by atoms with Crippen LogP contribution < -0.4 is 5.73 Å². The summed E-state index contributed by atoms with van der Waals surface area (Å²) in [5.41, 5.74) is 5.81. The Balaban J connectivity index is 1.89. The van der Waals surface area contributed by atoms with Crippen molar-refractivity contribution in [3.63, 3.8) is 0 Å². The second-order valence-electron chi connectivity index (χ2n) is 4.65. The van der Waals surface area contributed by atoms with Gasteiger partial charge in [0.1, 0.15) is 5.78 Å². The first kappa shape index (κ1) is 9.20. The molecule has 0 spiro atoms. The standard InChI is InChI=1S/C11H19NO/c12-10-6-5-9(7-10)11(13)8-3-1-2-4-8/h8-10H,1-7,12H2. The molecule has 2 aliphatic rings. The zero-order valence-electron chi connectivity index (χ0n) is 8.17. The Bertz CT molecular complexity index is 196. The summed E-state index contributed by atoms with van der Waals surface area (Å²) in [6.45, 7) is 0. The normalized spacial score (nSPS) is 35.5. The number of hydrogen-bond acceptors (Lipinski definition) is 2. The van der Waals surface area contributed by atoms with Crippen molar-refractivity contribution in [3.8, 4) is 0 Å². The molecule has 0 aromatic carbocycles. The van der Waals surface area contributed by atoms with Gasteiger partial charge in [-0.1, -0.05) is 12.8 Å². The molecule has 0 aliphatic heterocycles. The van der Waals surface area contributed by atoms with E-state index in [9.17, 15) is 4.79 Å². The third-order valence-corrected chi connectivity index (χ3v) is 3.63. The van der Waals surface area contributed by atoms with Crippen molar-refractivity contribution in [2.45, 2.75) is 51.0 Å². The van der Waals surface area contributed by atoms with Gasteiger partial charge in [-0.2, -0.15) is 0 Å². The van der Waals surface area contributed by atoms with Crippen LogP contribution in [0.3, 0.4) is 0 Å². The van der Waals surface area contributed by atoms with Gasteiger partial charge in [0.2, 0.25) is 0 Å². The fourth-order valence-corrected chi connectivity index (χ4v) is 2.82. The van der Waals surface area contributed by atoms with Gasteiger partial charge in [0.05, 0.1) is 0 Å².